The predicted molar refractivity (Wildman–Crippen MR) is 72.2 cm³/mol. The molecule has 22 heavy (non-hydrogen) atoms. The van der Waals surface area contributed by atoms with Crippen LogP contribution in [0.3, 0.4) is 0 Å². The van der Waals surface area contributed by atoms with Crippen LogP contribution in [0.25, 0.3) is 0 Å². The highest BCUT2D eigenvalue weighted by atomic mass is 19.4. The molecule has 0 bridgehead atoms. The first-order chi connectivity index (χ1) is 10.4. The number of amides is 1. The molecule has 1 atom stereocenters. The summed E-state index contributed by atoms with van der Waals surface area (Å²) in [4.78, 5) is 17.7. The summed E-state index contributed by atoms with van der Waals surface area (Å²) in [5.74, 6) is -0.302. The van der Waals surface area contributed by atoms with E-state index in [1.165, 1.54) is 28.3 Å². The highest BCUT2D eigenvalue weighted by Crippen LogP contribution is 2.39. The zero-order valence-corrected chi connectivity index (χ0v) is 11.7. The van der Waals surface area contributed by atoms with Gasteiger partial charge < -0.3 is 4.90 Å². The van der Waals surface area contributed by atoms with Crippen LogP contribution in [0.2, 0.25) is 0 Å². The maximum atomic E-state index is 13.0. The first-order valence-corrected chi connectivity index (χ1v) is 6.74. The molecule has 0 N–H and O–H groups in total. The summed E-state index contributed by atoms with van der Waals surface area (Å²) in [6.45, 7) is 1.88. The van der Waals surface area contributed by atoms with Crippen LogP contribution >= 0.6 is 0 Å². The monoisotopic (exact) mass is 310 g/mol. The van der Waals surface area contributed by atoms with Crippen molar-refractivity contribution < 1.29 is 18.0 Å². The second kappa shape index (κ2) is 5.11. The lowest BCUT2D eigenvalue weighted by molar-refractivity contribution is -0.138. The zero-order chi connectivity index (χ0) is 15.9. The summed E-state index contributed by atoms with van der Waals surface area (Å²) >= 11 is 0. The van der Waals surface area contributed by atoms with E-state index < -0.39 is 17.8 Å². The highest BCUT2D eigenvalue weighted by Gasteiger charge is 2.38. The Bertz CT molecular complexity index is 697. The number of alkyl halides is 3. The summed E-state index contributed by atoms with van der Waals surface area (Å²) in [5.41, 5.74) is -0.172. The molecule has 3 rings (SSSR count). The van der Waals surface area contributed by atoms with Crippen molar-refractivity contribution in [2.75, 3.05) is 11.4 Å². The van der Waals surface area contributed by atoms with Crippen molar-refractivity contribution in [1.29, 1.82) is 0 Å². The number of hydrogen-bond acceptors (Lipinski definition) is 3. The molecule has 2 heterocycles. The van der Waals surface area contributed by atoms with E-state index in [0.29, 0.717) is 5.69 Å². The minimum absolute atomic E-state index is 0.175. The van der Waals surface area contributed by atoms with Gasteiger partial charge in [-0.2, -0.15) is 18.3 Å². The fourth-order valence-electron chi connectivity index (χ4n) is 2.68. The molecule has 0 saturated carbocycles. The third-order valence-corrected chi connectivity index (χ3v) is 3.79. The van der Waals surface area contributed by atoms with Crippen molar-refractivity contribution in [1.82, 2.24) is 14.8 Å². The van der Waals surface area contributed by atoms with Crippen molar-refractivity contribution in [2.24, 2.45) is 0 Å². The van der Waals surface area contributed by atoms with Crippen LogP contribution in [0.4, 0.5) is 18.9 Å². The summed E-state index contributed by atoms with van der Waals surface area (Å²) in [6.07, 6.45) is -1.50. The molecule has 116 valence electrons. The van der Waals surface area contributed by atoms with E-state index in [0.717, 1.165) is 6.07 Å². The first kappa shape index (κ1) is 14.6. The number of aromatic nitrogens is 3. The molecular weight excluding hydrogens is 297 g/mol. The second-order valence-corrected chi connectivity index (χ2v) is 5.09. The number of benzene rings is 1. The van der Waals surface area contributed by atoms with Gasteiger partial charge in [-0.3, -0.25) is 4.79 Å². The Hall–Kier alpha value is -2.38. The van der Waals surface area contributed by atoms with Crippen LogP contribution < -0.4 is 4.90 Å². The van der Waals surface area contributed by atoms with E-state index in [1.54, 1.807) is 13.0 Å². The quantitative estimate of drug-likeness (QED) is 0.856. The molecular formula is C14H13F3N4O. The summed E-state index contributed by atoms with van der Waals surface area (Å²) < 4.78 is 40.5. The molecule has 1 aliphatic rings. The van der Waals surface area contributed by atoms with Crippen LogP contribution in [0.15, 0.2) is 30.9 Å². The molecule has 5 nitrogen and oxygen atoms in total. The van der Waals surface area contributed by atoms with Gasteiger partial charge in [0.1, 0.15) is 18.7 Å². The van der Waals surface area contributed by atoms with Crippen LogP contribution in [0, 0.1) is 0 Å². The Morgan fingerprint density at radius 2 is 2.14 bits per heavy atom. The maximum absolute atomic E-state index is 13.0. The lowest BCUT2D eigenvalue weighted by atomic mass is 10.0. The third kappa shape index (κ3) is 2.34. The van der Waals surface area contributed by atoms with E-state index in [2.05, 4.69) is 10.1 Å². The summed E-state index contributed by atoms with van der Waals surface area (Å²) in [5, 5.41) is 3.90. The fraction of sp³-hybridized carbons (Fsp3) is 0.357. The average Bonchev–Trinajstić information content (AvgIpc) is 3.13. The molecule has 0 radical (unpaired) electrons. The normalized spacial score (nSPS) is 15.7. The smallest absolute Gasteiger partial charge is 0.310 e. The SMILES string of the molecule is CC(C(=O)N1CCc2c1cccc2C(F)(F)F)n1cncn1. The molecule has 1 aliphatic heterocycles. The standard InChI is InChI=1S/C14H13F3N4O/c1-9(21-8-18-7-19-21)13(22)20-6-5-10-11(14(15,16)17)3-2-4-12(10)20/h2-4,7-9H,5-6H2,1H3. The number of carbonyl (C=O) groups is 1. The molecule has 0 aliphatic carbocycles. The molecule has 0 saturated heterocycles. The Labute approximate surface area is 124 Å². The van der Waals surface area contributed by atoms with Gasteiger partial charge in [-0.1, -0.05) is 6.07 Å². The van der Waals surface area contributed by atoms with E-state index in [9.17, 15) is 18.0 Å². The van der Waals surface area contributed by atoms with E-state index >= 15 is 0 Å². The van der Waals surface area contributed by atoms with Crippen molar-refractivity contribution in [3.05, 3.63) is 42.0 Å². The van der Waals surface area contributed by atoms with Gasteiger partial charge in [0, 0.05) is 12.2 Å². The molecule has 1 aromatic heterocycles. The van der Waals surface area contributed by atoms with Gasteiger partial charge in [0.2, 0.25) is 0 Å². The number of fused-ring (bicyclic) bond motifs is 1. The van der Waals surface area contributed by atoms with Crippen LogP contribution in [-0.2, 0) is 17.4 Å². The predicted octanol–water partition coefficient (Wildman–Crippen LogP) is 2.45. The van der Waals surface area contributed by atoms with Gasteiger partial charge >= 0.3 is 6.18 Å². The van der Waals surface area contributed by atoms with Crippen molar-refractivity contribution >= 4 is 11.6 Å². The van der Waals surface area contributed by atoms with E-state index in [1.807, 2.05) is 0 Å². The summed E-state index contributed by atoms with van der Waals surface area (Å²) in [7, 11) is 0. The van der Waals surface area contributed by atoms with Gasteiger partial charge in [0.25, 0.3) is 5.91 Å². The Morgan fingerprint density at radius 3 is 2.77 bits per heavy atom. The second-order valence-electron chi connectivity index (χ2n) is 5.09. The van der Waals surface area contributed by atoms with Crippen LogP contribution in [-0.4, -0.2) is 27.2 Å². The van der Waals surface area contributed by atoms with Crippen LogP contribution in [0.5, 0.6) is 0 Å². The number of nitrogens with zero attached hydrogens (tertiary/aromatic N) is 4. The molecule has 2 aromatic rings. The molecule has 8 heteroatoms. The van der Waals surface area contributed by atoms with Crippen molar-refractivity contribution in [3.8, 4) is 0 Å². The zero-order valence-electron chi connectivity index (χ0n) is 11.7. The van der Waals surface area contributed by atoms with Crippen LogP contribution in [0.1, 0.15) is 24.1 Å². The molecule has 0 spiro atoms. The Kier molecular flexibility index (Phi) is 3.38. The molecule has 1 amide bonds. The Morgan fingerprint density at radius 1 is 1.36 bits per heavy atom. The van der Waals surface area contributed by atoms with Gasteiger partial charge in [-0.15, -0.1) is 0 Å². The lowest BCUT2D eigenvalue weighted by Gasteiger charge is -2.22. The minimum Gasteiger partial charge on any atom is -0.310 e. The van der Waals surface area contributed by atoms with E-state index in [-0.39, 0.29) is 24.4 Å². The minimum atomic E-state index is -4.41. The largest absolute Gasteiger partial charge is 0.416 e. The fourth-order valence-corrected chi connectivity index (χ4v) is 2.68. The third-order valence-electron chi connectivity index (χ3n) is 3.79. The van der Waals surface area contributed by atoms with Gasteiger partial charge in [0.05, 0.1) is 5.56 Å². The van der Waals surface area contributed by atoms with Gasteiger partial charge in [0.15, 0.2) is 0 Å². The Balaban J connectivity index is 1.93. The topological polar surface area (TPSA) is 51.0 Å². The summed E-state index contributed by atoms with van der Waals surface area (Å²) in [6, 6.07) is 3.30. The average molecular weight is 310 g/mol. The lowest BCUT2D eigenvalue weighted by Crippen LogP contribution is -2.35. The van der Waals surface area contributed by atoms with Gasteiger partial charge in [-0.05, 0) is 31.0 Å². The number of hydrogen-bond donors (Lipinski definition) is 0. The maximum Gasteiger partial charge on any atom is 0.416 e. The number of carbonyl (C=O) groups excluding carboxylic acids is 1. The van der Waals surface area contributed by atoms with E-state index in [4.69, 9.17) is 0 Å². The molecule has 0 fully saturated rings. The molecule has 1 aromatic carbocycles. The van der Waals surface area contributed by atoms with Gasteiger partial charge in [-0.25, -0.2) is 9.67 Å². The molecule has 1 unspecified atom stereocenters. The number of rotatable bonds is 2. The number of anilines is 1. The first-order valence-electron chi connectivity index (χ1n) is 6.74. The van der Waals surface area contributed by atoms with Crippen molar-refractivity contribution in [2.45, 2.75) is 25.6 Å². The highest BCUT2D eigenvalue weighted by molar-refractivity contribution is 5.98. The van der Waals surface area contributed by atoms with Crippen molar-refractivity contribution in [3.63, 3.8) is 0 Å². The number of halogens is 3.